The van der Waals surface area contributed by atoms with Crippen molar-refractivity contribution in [2.45, 2.75) is 44.9 Å². The zero-order chi connectivity index (χ0) is 7.78. The van der Waals surface area contributed by atoms with E-state index in [1.54, 1.807) is 0 Å². The highest BCUT2D eigenvalue weighted by atomic mass is 79.9. The summed E-state index contributed by atoms with van der Waals surface area (Å²) in [5.74, 6) is 1.00. The smallest absolute Gasteiger partial charge is 0.0151 e. The van der Waals surface area contributed by atoms with Crippen molar-refractivity contribution in [3.63, 3.8) is 0 Å². The van der Waals surface area contributed by atoms with Crippen LogP contribution in [0.3, 0.4) is 0 Å². The second-order valence-corrected chi connectivity index (χ2v) is 5.99. The fraction of sp³-hybridized carbons (Fsp3) is 1.00. The van der Waals surface area contributed by atoms with E-state index in [1.807, 2.05) is 0 Å². The lowest BCUT2D eigenvalue weighted by Gasteiger charge is -2.35. The van der Waals surface area contributed by atoms with E-state index in [4.69, 9.17) is 0 Å². The van der Waals surface area contributed by atoms with Gasteiger partial charge in [0.2, 0.25) is 0 Å². The van der Waals surface area contributed by atoms with Crippen LogP contribution in [0.2, 0.25) is 0 Å². The van der Waals surface area contributed by atoms with E-state index in [0.29, 0.717) is 5.41 Å². The molecule has 1 heteroatoms. The van der Waals surface area contributed by atoms with Crippen LogP contribution in [0.5, 0.6) is 0 Å². The van der Waals surface area contributed by atoms with Gasteiger partial charge in [0.1, 0.15) is 0 Å². The van der Waals surface area contributed by atoms with Gasteiger partial charge < -0.3 is 0 Å². The van der Waals surface area contributed by atoms with Gasteiger partial charge in [-0.2, -0.15) is 0 Å². The Hall–Kier alpha value is 0.480. The molecule has 1 saturated carbocycles. The molecule has 0 amide bonds. The zero-order valence-electron chi connectivity index (χ0n) is 7.15. The van der Waals surface area contributed by atoms with Crippen molar-refractivity contribution >= 4 is 15.9 Å². The molecule has 0 nitrogen and oxygen atoms in total. The molecule has 0 spiro atoms. The highest BCUT2D eigenvalue weighted by Crippen LogP contribution is 2.40. The van der Waals surface area contributed by atoms with Gasteiger partial charge in [-0.1, -0.05) is 36.7 Å². The minimum Gasteiger partial charge on any atom is -0.0890 e. The van der Waals surface area contributed by atoms with Gasteiger partial charge in [-0.05, 0) is 30.6 Å². The molecule has 0 aromatic rings. The van der Waals surface area contributed by atoms with Crippen LogP contribution < -0.4 is 0 Å². The molecule has 0 unspecified atom stereocenters. The molecule has 10 heavy (non-hydrogen) atoms. The molecule has 0 atom stereocenters. The molecule has 0 aromatic heterocycles. The van der Waals surface area contributed by atoms with Crippen molar-refractivity contribution in [1.82, 2.24) is 0 Å². The average molecular weight is 205 g/mol. The Morgan fingerprint density at radius 1 is 1.30 bits per heavy atom. The maximum atomic E-state index is 3.61. The fourth-order valence-electron chi connectivity index (χ4n) is 1.69. The highest BCUT2D eigenvalue weighted by Gasteiger charge is 2.29. The maximum absolute atomic E-state index is 3.61. The number of hydrogen-bond acceptors (Lipinski definition) is 0. The molecule has 0 aromatic carbocycles. The van der Waals surface area contributed by atoms with Crippen LogP contribution in [0.4, 0.5) is 0 Å². The third-order valence-corrected chi connectivity index (χ3v) is 2.83. The molecule has 60 valence electrons. The first kappa shape index (κ1) is 8.58. The van der Waals surface area contributed by atoms with Gasteiger partial charge in [0, 0.05) is 4.83 Å². The Balaban J connectivity index is 2.16. The molecule has 0 bridgehead atoms. The van der Waals surface area contributed by atoms with Crippen molar-refractivity contribution in [3.8, 4) is 0 Å². The Morgan fingerprint density at radius 3 is 2.10 bits per heavy atom. The SMILES string of the molecule is CC(C)(C)CC1CC(Br)C1. The second-order valence-electron chi connectivity index (χ2n) is 4.70. The Labute approximate surface area is 72.5 Å². The summed E-state index contributed by atoms with van der Waals surface area (Å²) in [4.78, 5) is 0.833. The van der Waals surface area contributed by atoms with E-state index >= 15 is 0 Å². The summed E-state index contributed by atoms with van der Waals surface area (Å²) in [7, 11) is 0. The summed E-state index contributed by atoms with van der Waals surface area (Å²) < 4.78 is 0. The third kappa shape index (κ3) is 2.61. The van der Waals surface area contributed by atoms with Crippen molar-refractivity contribution in [1.29, 1.82) is 0 Å². The van der Waals surface area contributed by atoms with Gasteiger partial charge in [0.05, 0.1) is 0 Å². The molecule has 1 fully saturated rings. The standard InChI is InChI=1S/C9H17Br/c1-9(2,3)6-7-4-8(10)5-7/h7-8H,4-6H2,1-3H3. The number of rotatable bonds is 1. The highest BCUT2D eigenvalue weighted by molar-refractivity contribution is 9.09. The quantitative estimate of drug-likeness (QED) is 0.574. The van der Waals surface area contributed by atoms with E-state index < -0.39 is 0 Å². The van der Waals surface area contributed by atoms with E-state index in [0.717, 1.165) is 10.7 Å². The van der Waals surface area contributed by atoms with E-state index in [9.17, 15) is 0 Å². The minimum absolute atomic E-state index is 0.539. The summed E-state index contributed by atoms with van der Waals surface area (Å²) in [5.41, 5.74) is 0.539. The summed E-state index contributed by atoms with van der Waals surface area (Å²) in [6, 6.07) is 0. The lowest BCUT2D eigenvalue weighted by molar-refractivity contribution is 0.216. The normalized spacial score (nSPS) is 33.6. The van der Waals surface area contributed by atoms with Gasteiger partial charge in [-0.15, -0.1) is 0 Å². The summed E-state index contributed by atoms with van der Waals surface area (Å²) >= 11 is 3.61. The summed E-state index contributed by atoms with van der Waals surface area (Å²) in [6.07, 6.45) is 4.20. The van der Waals surface area contributed by atoms with E-state index in [1.165, 1.54) is 19.3 Å². The molecule has 0 heterocycles. The fourth-order valence-corrected chi connectivity index (χ4v) is 2.74. The van der Waals surface area contributed by atoms with Gasteiger partial charge >= 0.3 is 0 Å². The average Bonchev–Trinajstić information content (AvgIpc) is 1.57. The number of halogens is 1. The van der Waals surface area contributed by atoms with Gasteiger partial charge in [-0.25, -0.2) is 0 Å². The van der Waals surface area contributed by atoms with Crippen LogP contribution in [0.1, 0.15) is 40.0 Å². The predicted octanol–water partition coefficient (Wildman–Crippen LogP) is 3.60. The van der Waals surface area contributed by atoms with Gasteiger partial charge in [0.25, 0.3) is 0 Å². The lowest BCUT2D eigenvalue weighted by atomic mass is 9.74. The van der Waals surface area contributed by atoms with Crippen molar-refractivity contribution in [3.05, 3.63) is 0 Å². The molecule has 0 saturated heterocycles. The maximum Gasteiger partial charge on any atom is 0.0151 e. The van der Waals surface area contributed by atoms with E-state index in [2.05, 4.69) is 36.7 Å². The first-order chi connectivity index (χ1) is 4.47. The molecular weight excluding hydrogens is 188 g/mol. The van der Waals surface area contributed by atoms with Crippen molar-refractivity contribution < 1.29 is 0 Å². The Kier molecular flexibility index (Phi) is 2.44. The van der Waals surface area contributed by atoms with Gasteiger partial charge in [-0.3, -0.25) is 0 Å². The van der Waals surface area contributed by atoms with Crippen LogP contribution >= 0.6 is 15.9 Å². The lowest BCUT2D eigenvalue weighted by Crippen LogP contribution is -2.27. The first-order valence-corrected chi connectivity index (χ1v) is 5.03. The molecule has 0 N–H and O–H groups in total. The van der Waals surface area contributed by atoms with Crippen LogP contribution in [-0.2, 0) is 0 Å². The third-order valence-electron chi connectivity index (χ3n) is 2.08. The van der Waals surface area contributed by atoms with Crippen LogP contribution in [-0.4, -0.2) is 4.83 Å². The first-order valence-electron chi connectivity index (χ1n) is 4.11. The summed E-state index contributed by atoms with van der Waals surface area (Å²) in [5, 5.41) is 0. The Morgan fingerprint density at radius 2 is 1.80 bits per heavy atom. The number of hydrogen-bond donors (Lipinski definition) is 0. The molecule has 0 aliphatic heterocycles. The van der Waals surface area contributed by atoms with Crippen molar-refractivity contribution in [2.24, 2.45) is 11.3 Å². The topological polar surface area (TPSA) is 0 Å². The molecule has 1 aliphatic carbocycles. The zero-order valence-corrected chi connectivity index (χ0v) is 8.74. The predicted molar refractivity (Wildman–Crippen MR) is 49.5 cm³/mol. The minimum atomic E-state index is 0.539. The second kappa shape index (κ2) is 2.84. The summed E-state index contributed by atoms with van der Waals surface area (Å²) in [6.45, 7) is 6.98. The Bertz CT molecular complexity index is 106. The van der Waals surface area contributed by atoms with E-state index in [-0.39, 0.29) is 0 Å². The van der Waals surface area contributed by atoms with Crippen molar-refractivity contribution in [2.75, 3.05) is 0 Å². The largest absolute Gasteiger partial charge is 0.0890 e. The molecule has 0 radical (unpaired) electrons. The van der Waals surface area contributed by atoms with Crippen LogP contribution in [0.25, 0.3) is 0 Å². The monoisotopic (exact) mass is 204 g/mol. The van der Waals surface area contributed by atoms with Crippen LogP contribution in [0.15, 0.2) is 0 Å². The van der Waals surface area contributed by atoms with Crippen LogP contribution in [0, 0.1) is 11.3 Å². The molecule has 1 rings (SSSR count). The molecular formula is C9H17Br. The van der Waals surface area contributed by atoms with Gasteiger partial charge in [0.15, 0.2) is 0 Å². The molecule has 1 aliphatic rings. The number of alkyl halides is 1.